The van der Waals surface area contributed by atoms with Gasteiger partial charge in [0, 0.05) is 12.2 Å². The van der Waals surface area contributed by atoms with Gasteiger partial charge in [-0.05, 0) is 30.7 Å². The summed E-state index contributed by atoms with van der Waals surface area (Å²) in [6.07, 6.45) is 0. The molecule has 0 spiro atoms. The van der Waals surface area contributed by atoms with Crippen LogP contribution in [0.15, 0.2) is 18.2 Å². The van der Waals surface area contributed by atoms with E-state index in [4.69, 9.17) is 10.2 Å². The second-order valence-electron chi connectivity index (χ2n) is 5.14. The van der Waals surface area contributed by atoms with E-state index in [1.165, 1.54) is 12.1 Å². The second-order valence-corrected chi connectivity index (χ2v) is 5.14. The Morgan fingerprint density at radius 2 is 1.67 bits per heavy atom. The van der Waals surface area contributed by atoms with Gasteiger partial charge >= 0.3 is 11.9 Å². The van der Waals surface area contributed by atoms with E-state index in [2.05, 4.69) is 10.6 Å². The molecule has 21 heavy (non-hydrogen) atoms. The summed E-state index contributed by atoms with van der Waals surface area (Å²) in [5.74, 6) is -2.78. The van der Waals surface area contributed by atoms with Gasteiger partial charge in [-0.3, -0.25) is 4.79 Å². The molecule has 0 aliphatic carbocycles. The minimum Gasteiger partial charge on any atom is -0.478 e. The third-order valence-electron chi connectivity index (χ3n) is 3.55. The normalized spacial score (nSPS) is 21.0. The van der Waals surface area contributed by atoms with Crippen LogP contribution in [0.1, 0.15) is 27.6 Å². The standard InChI is InChI=1S/C14H16N2O5/c1-7-5-15-6-11(7)12(17)16-10-3-8(13(18)19)2-9(4-10)14(20)21/h2-4,7,11,15H,5-6H2,1H3,(H,16,17)(H,18,19)(H,20,21). The molecule has 1 aromatic carbocycles. The molecule has 1 aromatic rings. The maximum absolute atomic E-state index is 12.1. The lowest BCUT2D eigenvalue weighted by Crippen LogP contribution is -2.28. The van der Waals surface area contributed by atoms with Crippen LogP contribution in [0.5, 0.6) is 0 Å². The van der Waals surface area contributed by atoms with Gasteiger partial charge in [-0.25, -0.2) is 9.59 Å². The maximum Gasteiger partial charge on any atom is 0.335 e. The van der Waals surface area contributed by atoms with E-state index in [0.29, 0.717) is 6.54 Å². The van der Waals surface area contributed by atoms with Gasteiger partial charge in [0.2, 0.25) is 5.91 Å². The van der Waals surface area contributed by atoms with E-state index >= 15 is 0 Å². The molecule has 0 saturated carbocycles. The Balaban J connectivity index is 2.24. The molecule has 1 saturated heterocycles. The Labute approximate surface area is 121 Å². The zero-order valence-corrected chi connectivity index (χ0v) is 11.4. The molecule has 2 unspecified atom stereocenters. The largest absolute Gasteiger partial charge is 0.478 e. The van der Waals surface area contributed by atoms with Gasteiger partial charge in [0.1, 0.15) is 0 Å². The van der Waals surface area contributed by atoms with E-state index in [-0.39, 0.29) is 34.6 Å². The van der Waals surface area contributed by atoms with Crippen molar-refractivity contribution in [1.29, 1.82) is 0 Å². The van der Waals surface area contributed by atoms with Crippen molar-refractivity contribution in [3.63, 3.8) is 0 Å². The molecule has 0 aromatic heterocycles. The molecule has 7 heteroatoms. The Kier molecular flexibility index (Phi) is 4.23. The van der Waals surface area contributed by atoms with Crippen LogP contribution in [0.4, 0.5) is 5.69 Å². The molecular weight excluding hydrogens is 276 g/mol. The highest BCUT2D eigenvalue weighted by molar-refractivity contribution is 5.99. The zero-order valence-electron chi connectivity index (χ0n) is 11.4. The predicted molar refractivity (Wildman–Crippen MR) is 74.5 cm³/mol. The number of carbonyl (C=O) groups excluding carboxylic acids is 1. The summed E-state index contributed by atoms with van der Waals surface area (Å²) >= 11 is 0. The van der Waals surface area contributed by atoms with Gasteiger partial charge in [0.05, 0.1) is 17.0 Å². The fourth-order valence-corrected chi connectivity index (χ4v) is 2.34. The van der Waals surface area contributed by atoms with Crippen molar-refractivity contribution in [2.45, 2.75) is 6.92 Å². The van der Waals surface area contributed by atoms with Crippen molar-refractivity contribution in [3.8, 4) is 0 Å². The number of carboxylic acid groups (broad SMARTS) is 2. The molecule has 4 N–H and O–H groups in total. The Morgan fingerprint density at radius 1 is 1.10 bits per heavy atom. The molecular formula is C14H16N2O5. The van der Waals surface area contributed by atoms with Gasteiger partial charge in [0.25, 0.3) is 0 Å². The number of carbonyl (C=O) groups is 3. The molecule has 1 fully saturated rings. The van der Waals surface area contributed by atoms with Crippen molar-refractivity contribution < 1.29 is 24.6 Å². The van der Waals surface area contributed by atoms with Gasteiger partial charge in [-0.2, -0.15) is 0 Å². The Hall–Kier alpha value is -2.41. The molecule has 1 amide bonds. The SMILES string of the molecule is CC1CNCC1C(=O)Nc1cc(C(=O)O)cc(C(=O)O)c1. The van der Waals surface area contributed by atoms with E-state index in [1.807, 2.05) is 6.92 Å². The van der Waals surface area contributed by atoms with Crippen LogP contribution in [0.2, 0.25) is 0 Å². The monoisotopic (exact) mass is 292 g/mol. The highest BCUT2D eigenvalue weighted by Gasteiger charge is 2.29. The smallest absolute Gasteiger partial charge is 0.335 e. The van der Waals surface area contributed by atoms with Crippen molar-refractivity contribution >= 4 is 23.5 Å². The second kappa shape index (κ2) is 5.92. The Morgan fingerprint density at radius 3 is 2.10 bits per heavy atom. The third kappa shape index (κ3) is 3.38. The molecule has 7 nitrogen and oxygen atoms in total. The van der Waals surface area contributed by atoms with Crippen LogP contribution in [-0.2, 0) is 4.79 Å². The van der Waals surface area contributed by atoms with E-state index in [9.17, 15) is 14.4 Å². The highest BCUT2D eigenvalue weighted by atomic mass is 16.4. The average Bonchev–Trinajstić information content (AvgIpc) is 2.84. The lowest BCUT2D eigenvalue weighted by Gasteiger charge is -2.15. The molecule has 112 valence electrons. The molecule has 2 rings (SSSR count). The van der Waals surface area contributed by atoms with Crippen LogP contribution in [-0.4, -0.2) is 41.1 Å². The van der Waals surface area contributed by atoms with Crippen LogP contribution in [0.25, 0.3) is 0 Å². The first kappa shape index (κ1) is 15.0. The fraction of sp³-hybridized carbons (Fsp3) is 0.357. The first-order chi connectivity index (χ1) is 9.88. The molecule has 2 atom stereocenters. The molecule has 1 aliphatic rings. The third-order valence-corrected chi connectivity index (χ3v) is 3.55. The minimum atomic E-state index is -1.25. The van der Waals surface area contributed by atoms with E-state index in [1.54, 1.807) is 0 Å². The zero-order chi connectivity index (χ0) is 15.6. The first-order valence-electron chi connectivity index (χ1n) is 6.51. The lowest BCUT2D eigenvalue weighted by molar-refractivity contribution is -0.120. The van der Waals surface area contributed by atoms with Crippen LogP contribution in [0, 0.1) is 11.8 Å². The summed E-state index contributed by atoms with van der Waals surface area (Å²) in [6, 6.07) is 3.56. The maximum atomic E-state index is 12.1. The molecule has 1 aliphatic heterocycles. The van der Waals surface area contributed by atoms with Crippen molar-refractivity contribution in [2.24, 2.45) is 11.8 Å². The van der Waals surface area contributed by atoms with E-state index < -0.39 is 11.9 Å². The van der Waals surface area contributed by atoms with E-state index in [0.717, 1.165) is 12.6 Å². The number of aromatic carboxylic acids is 2. The summed E-state index contributed by atoms with van der Waals surface area (Å²) in [7, 11) is 0. The number of carboxylic acids is 2. The molecule has 0 bridgehead atoms. The number of benzene rings is 1. The topological polar surface area (TPSA) is 116 Å². The quantitative estimate of drug-likeness (QED) is 0.654. The summed E-state index contributed by atoms with van der Waals surface area (Å²) in [5.41, 5.74) is -0.179. The fourth-order valence-electron chi connectivity index (χ4n) is 2.34. The predicted octanol–water partition coefficient (Wildman–Crippen LogP) is 0.877. The van der Waals surface area contributed by atoms with Crippen molar-refractivity contribution in [3.05, 3.63) is 29.3 Å². The van der Waals surface area contributed by atoms with Crippen molar-refractivity contribution in [2.75, 3.05) is 18.4 Å². The van der Waals surface area contributed by atoms with Crippen LogP contribution < -0.4 is 10.6 Å². The molecule has 0 radical (unpaired) electrons. The summed E-state index contributed by atoms with van der Waals surface area (Å²) in [6.45, 7) is 3.24. The Bertz CT molecular complexity index is 567. The molecule has 1 heterocycles. The van der Waals surface area contributed by atoms with Crippen LogP contribution in [0.3, 0.4) is 0 Å². The number of amides is 1. The number of nitrogens with one attached hydrogen (secondary N) is 2. The summed E-state index contributed by atoms with van der Waals surface area (Å²) < 4.78 is 0. The minimum absolute atomic E-state index is 0.173. The lowest BCUT2D eigenvalue weighted by atomic mass is 9.97. The first-order valence-corrected chi connectivity index (χ1v) is 6.51. The van der Waals surface area contributed by atoms with Gasteiger partial charge in [-0.15, -0.1) is 0 Å². The van der Waals surface area contributed by atoms with Gasteiger partial charge < -0.3 is 20.8 Å². The number of rotatable bonds is 4. The summed E-state index contributed by atoms with van der Waals surface area (Å²) in [4.78, 5) is 34.2. The van der Waals surface area contributed by atoms with Gasteiger partial charge in [-0.1, -0.05) is 6.92 Å². The van der Waals surface area contributed by atoms with Gasteiger partial charge in [0.15, 0.2) is 0 Å². The number of anilines is 1. The highest BCUT2D eigenvalue weighted by Crippen LogP contribution is 2.20. The summed E-state index contributed by atoms with van der Waals surface area (Å²) in [5, 5.41) is 23.7. The van der Waals surface area contributed by atoms with Crippen molar-refractivity contribution in [1.82, 2.24) is 5.32 Å². The number of hydrogen-bond donors (Lipinski definition) is 4. The average molecular weight is 292 g/mol. The number of hydrogen-bond acceptors (Lipinski definition) is 4. The van der Waals surface area contributed by atoms with Crippen LogP contribution >= 0.6 is 0 Å².